The Labute approximate surface area is 37.4 Å². The predicted octanol–water partition coefficient (Wildman–Crippen LogP) is -0.943. The predicted molar refractivity (Wildman–Crippen MR) is 24.6 cm³/mol. The highest BCUT2D eigenvalue weighted by molar-refractivity contribution is 7.32. The van der Waals surface area contributed by atoms with Gasteiger partial charge >= 0.3 is 0 Å². The number of rotatable bonds is 2. The van der Waals surface area contributed by atoms with Crippen molar-refractivity contribution in [2.24, 2.45) is 5.73 Å². The van der Waals surface area contributed by atoms with Gasteiger partial charge in [0.1, 0.15) is 0 Å². The van der Waals surface area contributed by atoms with Crippen LogP contribution in [0.1, 0.15) is 0 Å². The van der Waals surface area contributed by atoms with Crippen LogP contribution in [-0.4, -0.2) is 17.0 Å². The first kappa shape index (κ1) is 5.86. The molecule has 0 bridgehead atoms. The molecule has 3 N–H and O–H groups in total. The van der Waals surface area contributed by atoms with Crippen molar-refractivity contribution in [2.75, 3.05) is 6.16 Å². The maximum absolute atomic E-state index is 9.67. The molecule has 0 heterocycles. The number of primary amides is 1. The summed E-state index contributed by atoms with van der Waals surface area (Å²) >= 11 is 0. The highest BCUT2D eigenvalue weighted by atomic mass is 31.1. The highest BCUT2D eigenvalue weighted by Crippen LogP contribution is 1.95. The van der Waals surface area contributed by atoms with Gasteiger partial charge in [0.2, 0.25) is 5.91 Å². The van der Waals surface area contributed by atoms with E-state index in [9.17, 15) is 4.79 Å². The quantitative estimate of drug-likeness (QED) is 0.447. The maximum Gasteiger partial charge on any atom is 0.223 e. The minimum atomic E-state index is -0.448. The molecule has 0 aliphatic carbocycles. The number of carbonyl (C=O) groups excluding carboxylic acids is 1. The fourth-order valence-electron chi connectivity index (χ4n) is 0.0779. The summed E-state index contributed by atoms with van der Waals surface area (Å²) in [5.74, 6) is -0.448. The van der Waals surface area contributed by atoms with Gasteiger partial charge in [-0.1, -0.05) is 0 Å². The minimum absolute atomic E-state index is 0.0972. The number of hydrogen-bond donors (Lipinski definition) is 2. The molecule has 0 fully saturated rings. The van der Waals surface area contributed by atoms with E-state index in [2.05, 4.69) is 5.73 Å². The van der Waals surface area contributed by atoms with E-state index in [1.807, 2.05) is 0 Å². The Kier molecular flexibility index (Phi) is 2.99. The van der Waals surface area contributed by atoms with Crippen molar-refractivity contribution in [1.29, 1.82) is 0 Å². The van der Waals surface area contributed by atoms with Crippen LogP contribution in [-0.2, 0) is 4.79 Å². The molecule has 0 radical (unpaired) electrons. The van der Waals surface area contributed by atoms with E-state index in [4.69, 9.17) is 4.89 Å². The minimum Gasteiger partial charge on any atom is -0.377 e. The molecule has 36 valence electrons. The average molecular weight is 107 g/mol. The second-order valence-electron chi connectivity index (χ2n) is 0.801. The first-order chi connectivity index (χ1) is 2.77. The lowest BCUT2D eigenvalue weighted by Crippen LogP contribution is -2.11. The molecule has 0 rings (SSSR count). The van der Waals surface area contributed by atoms with E-state index in [1.165, 1.54) is 0 Å². The normalized spacial score (nSPS) is 10.2. The van der Waals surface area contributed by atoms with Crippen molar-refractivity contribution >= 4 is 14.7 Å². The SMILES string of the molecule is NC(=O)CPO. The second kappa shape index (κ2) is 3.07. The van der Waals surface area contributed by atoms with E-state index < -0.39 is 5.91 Å². The number of hydrogen-bond acceptors (Lipinski definition) is 2. The van der Waals surface area contributed by atoms with Crippen molar-refractivity contribution in [3.05, 3.63) is 0 Å². The Morgan fingerprint density at radius 3 is 2.50 bits per heavy atom. The van der Waals surface area contributed by atoms with Crippen molar-refractivity contribution in [2.45, 2.75) is 0 Å². The number of carbonyl (C=O) groups is 1. The third-order valence-corrected chi connectivity index (χ3v) is 0.760. The highest BCUT2D eigenvalue weighted by Gasteiger charge is 1.85. The van der Waals surface area contributed by atoms with Crippen LogP contribution in [0.15, 0.2) is 0 Å². The topological polar surface area (TPSA) is 63.3 Å². The molecule has 1 unspecified atom stereocenters. The Bertz CT molecular complexity index is 55.5. The smallest absolute Gasteiger partial charge is 0.223 e. The molecule has 1 amide bonds. The lowest BCUT2D eigenvalue weighted by Gasteiger charge is -1.81. The van der Waals surface area contributed by atoms with Gasteiger partial charge < -0.3 is 10.6 Å². The van der Waals surface area contributed by atoms with Crippen LogP contribution in [0.25, 0.3) is 0 Å². The van der Waals surface area contributed by atoms with Gasteiger partial charge in [-0.25, -0.2) is 0 Å². The number of amides is 1. The van der Waals surface area contributed by atoms with Gasteiger partial charge in [0.25, 0.3) is 0 Å². The first-order valence-corrected chi connectivity index (χ1v) is 2.58. The monoisotopic (exact) mass is 107 g/mol. The lowest BCUT2D eigenvalue weighted by atomic mass is 10.8. The van der Waals surface area contributed by atoms with E-state index in [0.29, 0.717) is 0 Å². The molecule has 0 aromatic carbocycles. The molecule has 6 heavy (non-hydrogen) atoms. The van der Waals surface area contributed by atoms with E-state index in [1.54, 1.807) is 0 Å². The van der Waals surface area contributed by atoms with E-state index >= 15 is 0 Å². The van der Waals surface area contributed by atoms with Gasteiger partial charge in [-0.15, -0.1) is 0 Å². The van der Waals surface area contributed by atoms with E-state index in [-0.39, 0.29) is 15.0 Å². The summed E-state index contributed by atoms with van der Waals surface area (Å²) in [4.78, 5) is 17.6. The second-order valence-corrected chi connectivity index (χ2v) is 1.47. The van der Waals surface area contributed by atoms with Gasteiger partial charge in [-0.3, -0.25) is 4.79 Å². The molecular formula is C2H6NO2P. The van der Waals surface area contributed by atoms with Gasteiger partial charge in [-0.05, 0) is 0 Å². The summed E-state index contributed by atoms with van der Waals surface area (Å²) in [6.07, 6.45) is 0.0972. The summed E-state index contributed by atoms with van der Waals surface area (Å²) < 4.78 is 0. The molecule has 3 nitrogen and oxygen atoms in total. The summed E-state index contributed by atoms with van der Waals surface area (Å²) in [5, 5.41) is 0. The molecule has 0 aliphatic rings. The van der Waals surface area contributed by atoms with Crippen LogP contribution in [0.2, 0.25) is 0 Å². The Morgan fingerprint density at radius 1 is 2.00 bits per heavy atom. The molecule has 0 aromatic heterocycles. The Balaban J connectivity index is 2.83. The Hall–Kier alpha value is -0.140. The zero-order valence-electron chi connectivity index (χ0n) is 3.14. The Morgan fingerprint density at radius 2 is 2.50 bits per heavy atom. The van der Waals surface area contributed by atoms with Gasteiger partial charge in [0.15, 0.2) is 0 Å². The van der Waals surface area contributed by atoms with Crippen LogP contribution in [0.4, 0.5) is 0 Å². The molecule has 0 saturated carbocycles. The standard InChI is InChI=1S/C2H6NO2P/c3-2(4)1-6-5/h5-6H,1H2,(H2,3,4). The lowest BCUT2D eigenvalue weighted by molar-refractivity contribution is -0.115. The van der Waals surface area contributed by atoms with Gasteiger partial charge in [-0.2, -0.15) is 0 Å². The van der Waals surface area contributed by atoms with Crippen LogP contribution in [0, 0.1) is 0 Å². The fourth-order valence-corrected chi connectivity index (χ4v) is 0.234. The maximum atomic E-state index is 9.67. The molecule has 4 heteroatoms. The van der Waals surface area contributed by atoms with Gasteiger partial charge in [0, 0.05) is 8.81 Å². The van der Waals surface area contributed by atoms with E-state index in [0.717, 1.165) is 0 Å². The average Bonchev–Trinajstić information content (AvgIpc) is 1.35. The third-order valence-electron chi connectivity index (χ3n) is 0.253. The summed E-state index contributed by atoms with van der Waals surface area (Å²) in [5.41, 5.74) is 4.61. The largest absolute Gasteiger partial charge is 0.377 e. The third kappa shape index (κ3) is 3.86. The molecule has 0 aromatic rings. The fraction of sp³-hybridized carbons (Fsp3) is 0.500. The van der Waals surface area contributed by atoms with Crippen molar-refractivity contribution < 1.29 is 9.69 Å². The van der Waals surface area contributed by atoms with Crippen molar-refractivity contribution in [3.8, 4) is 0 Å². The van der Waals surface area contributed by atoms with Crippen molar-refractivity contribution in [1.82, 2.24) is 0 Å². The summed E-state index contributed by atoms with van der Waals surface area (Å²) in [7, 11) is -0.336. The van der Waals surface area contributed by atoms with Crippen LogP contribution in [0.3, 0.4) is 0 Å². The molecule has 1 atom stereocenters. The zero-order valence-corrected chi connectivity index (χ0v) is 4.14. The molecular weight excluding hydrogens is 101 g/mol. The van der Waals surface area contributed by atoms with Crippen LogP contribution in [0.5, 0.6) is 0 Å². The molecule has 0 spiro atoms. The molecule has 0 aliphatic heterocycles. The summed E-state index contributed by atoms with van der Waals surface area (Å²) in [6, 6.07) is 0. The molecule has 0 saturated heterocycles. The van der Waals surface area contributed by atoms with Crippen LogP contribution >= 0.6 is 8.81 Å². The van der Waals surface area contributed by atoms with Crippen molar-refractivity contribution in [3.63, 3.8) is 0 Å². The number of nitrogens with two attached hydrogens (primary N) is 1. The van der Waals surface area contributed by atoms with Crippen LogP contribution < -0.4 is 5.73 Å². The zero-order chi connectivity index (χ0) is 4.99. The first-order valence-electron chi connectivity index (χ1n) is 1.42. The van der Waals surface area contributed by atoms with Gasteiger partial charge in [0.05, 0.1) is 6.16 Å². The summed E-state index contributed by atoms with van der Waals surface area (Å²) in [6.45, 7) is 0.